The number of hydrogen-bond acceptors (Lipinski definition) is 4. The Kier molecular flexibility index (Phi) is 4.06. The van der Waals surface area contributed by atoms with Crippen molar-refractivity contribution in [1.82, 2.24) is 5.32 Å². The van der Waals surface area contributed by atoms with E-state index in [1.54, 1.807) is 25.1 Å². The van der Waals surface area contributed by atoms with Gasteiger partial charge in [-0.3, -0.25) is 4.79 Å². The minimum absolute atomic E-state index is 0.0248. The first-order valence-electron chi connectivity index (χ1n) is 6.70. The minimum atomic E-state index is -1.25. The number of carboxylic acid groups (broad SMARTS) is 1. The molecular formula is C15H19NO5. The van der Waals surface area contributed by atoms with Crippen molar-refractivity contribution in [3.63, 3.8) is 0 Å². The number of carbonyl (C=O) groups excluding carboxylic acids is 1. The molecule has 0 bridgehead atoms. The Morgan fingerprint density at radius 2 is 1.95 bits per heavy atom. The average Bonchev–Trinajstić information content (AvgIpc) is 3.30. The fourth-order valence-corrected chi connectivity index (χ4v) is 2.28. The van der Waals surface area contributed by atoms with Crippen molar-refractivity contribution in [3.05, 3.63) is 23.8 Å². The van der Waals surface area contributed by atoms with E-state index in [0.29, 0.717) is 11.5 Å². The van der Waals surface area contributed by atoms with E-state index in [-0.39, 0.29) is 11.5 Å². The van der Waals surface area contributed by atoms with Gasteiger partial charge in [0.2, 0.25) is 0 Å². The molecule has 1 fully saturated rings. The maximum absolute atomic E-state index is 12.4. The maximum atomic E-state index is 12.4. The van der Waals surface area contributed by atoms with Crippen molar-refractivity contribution >= 4 is 11.9 Å². The molecule has 0 heterocycles. The van der Waals surface area contributed by atoms with Crippen LogP contribution in [-0.4, -0.2) is 36.7 Å². The third-order valence-electron chi connectivity index (χ3n) is 3.86. The highest BCUT2D eigenvalue weighted by Crippen LogP contribution is 2.40. The monoisotopic (exact) mass is 293 g/mol. The predicted molar refractivity (Wildman–Crippen MR) is 75.8 cm³/mol. The number of carbonyl (C=O) groups is 2. The van der Waals surface area contributed by atoms with Crippen molar-refractivity contribution in [1.29, 1.82) is 0 Å². The van der Waals surface area contributed by atoms with Crippen LogP contribution in [0.5, 0.6) is 11.5 Å². The molecule has 2 rings (SSSR count). The molecule has 1 amide bonds. The third-order valence-corrected chi connectivity index (χ3v) is 3.86. The Labute approximate surface area is 123 Å². The Morgan fingerprint density at radius 3 is 2.43 bits per heavy atom. The van der Waals surface area contributed by atoms with E-state index < -0.39 is 17.4 Å². The average molecular weight is 293 g/mol. The number of methoxy groups -OCH3 is 2. The summed E-state index contributed by atoms with van der Waals surface area (Å²) < 4.78 is 10.2. The van der Waals surface area contributed by atoms with Crippen LogP contribution in [0.25, 0.3) is 0 Å². The lowest BCUT2D eigenvalue weighted by Gasteiger charge is -2.26. The van der Waals surface area contributed by atoms with Gasteiger partial charge in [0.25, 0.3) is 5.91 Å². The first-order valence-corrected chi connectivity index (χ1v) is 6.70. The zero-order valence-corrected chi connectivity index (χ0v) is 12.3. The van der Waals surface area contributed by atoms with Gasteiger partial charge >= 0.3 is 5.97 Å². The van der Waals surface area contributed by atoms with Gasteiger partial charge in [0, 0.05) is 6.07 Å². The lowest BCUT2D eigenvalue weighted by molar-refractivity contribution is -0.144. The van der Waals surface area contributed by atoms with E-state index in [4.69, 9.17) is 9.47 Å². The summed E-state index contributed by atoms with van der Waals surface area (Å²) >= 11 is 0. The van der Waals surface area contributed by atoms with Crippen molar-refractivity contribution in [2.24, 2.45) is 5.92 Å². The second kappa shape index (κ2) is 5.63. The molecule has 0 spiro atoms. The first-order chi connectivity index (χ1) is 9.92. The summed E-state index contributed by atoms with van der Waals surface area (Å²) in [5.41, 5.74) is -0.964. The number of nitrogens with one attached hydrogen (secondary N) is 1. The molecule has 1 unspecified atom stereocenters. The molecule has 0 saturated heterocycles. The molecule has 6 heteroatoms. The third kappa shape index (κ3) is 2.94. The molecule has 114 valence electrons. The summed E-state index contributed by atoms with van der Waals surface area (Å²) in [7, 11) is 2.96. The summed E-state index contributed by atoms with van der Waals surface area (Å²) in [6, 6.07) is 4.78. The van der Waals surface area contributed by atoms with Crippen molar-refractivity contribution < 1.29 is 24.2 Å². The van der Waals surface area contributed by atoms with Gasteiger partial charge < -0.3 is 19.9 Å². The van der Waals surface area contributed by atoms with E-state index >= 15 is 0 Å². The molecule has 0 aromatic heterocycles. The molecule has 1 aromatic carbocycles. The highest BCUT2D eigenvalue weighted by Gasteiger charge is 2.48. The number of benzene rings is 1. The topological polar surface area (TPSA) is 84.9 Å². The molecule has 21 heavy (non-hydrogen) atoms. The van der Waals surface area contributed by atoms with Gasteiger partial charge in [0.1, 0.15) is 17.0 Å². The number of amides is 1. The van der Waals surface area contributed by atoms with E-state index in [9.17, 15) is 14.7 Å². The molecule has 2 N–H and O–H groups in total. The van der Waals surface area contributed by atoms with Gasteiger partial charge in [0.15, 0.2) is 0 Å². The van der Waals surface area contributed by atoms with Crippen LogP contribution >= 0.6 is 0 Å². The van der Waals surface area contributed by atoms with E-state index in [2.05, 4.69) is 5.32 Å². The zero-order chi connectivity index (χ0) is 15.6. The van der Waals surface area contributed by atoms with E-state index in [0.717, 1.165) is 12.8 Å². The second-order valence-electron chi connectivity index (χ2n) is 5.30. The number of ether oxygens (including phenoxy) is 2. The predicted octanol–water partition coefficient (Wildman–Crippen LogP) is 1.69. The van der Waals surface area contributed by atoms with Crippen molar-refractivity contribution in [2.45, 2.75) is 25.3 Å². The molecule has 1 aromatic rings. The van der Waals surface area contributed by atoms with Crippen LogP contribution in [0.4, 0.5) is 0 Å². The van der Waals surface area contributed by atoms with Crippen LogP contribution in [0.2, 0.25) is 0 Å². The molecule has 1 aliphatic rings. The van der Waals surface area contributed by atoms with Crippen molar-refractivity contribution in [2.75, 3.05) is 14.2 Å². The summed E-state index contributed by atoms with van der Waals surface area (Å²) in [5, 5.41) is 12.0. The van der Waals surface area contributed by atoms with Gasteiger partial charge in [-0.2, -0.15) is 0 Å². The van der Waals surface area contributed by atoms with Crippen LogP contribution in [0.1, 0.15) is 30.1 Å². The van der Waals surface area contributed by atoms with Crippen LogP contribution in [0.15, 0.2) is 18.2 Å². The minimum Gasteiger partial charge on any atom is -0.497 e. The summed E-state index contributed by atoms with van der Waals surface area (Å²) in [6.07, 6.45) is 1.62. The standard InChI is InChI=1S/C15H19NO5/c1-15(14(18)19,9-4-5-9)16-13(17)11-7-6-10(20-2)8-12(11)21-3/h6-9H,4-5H2,1-3H3,(H,16,17)(H,18,19). The van der Waals surface area contributed by atoms with Crippen LogP contribution in [-0.2, 0) is 4.79 Å². The number of hydrogen-bond donors (Lipinski definition) is 2. The van der Waals surface area contributed by atoms with Crippen LogP contribution in [0.3, 0.4) is 0 Å². The Hall–Kier alpha value is -2.24. The SMILES string of the molecule is COc1ccc(C(=O)NC(C)(C(=O)O)C2CC2)c(OC)c1. The van der Waals surface area contributed by atoms with Crippen LogP contribution < -0.4 is 14.8 Å². The number of rotatable bonds is 6. The smallest absolute Gasteiger partial charge is 0.329 e. The maximum Gasteiger partial charge on any atom is 0.329 e. The van der Waals surface area contributed by atoms with Crippen molar-refractivity contribution in [3.8, 4) is 11.5 Å². The summed E-state index contributed by atoms with van der Waals surface area (Å²) in [5.74, 6) is -0.609. The quantitative estimate of drug-likeness (QED) is 0.833. The highest BCUT2D eigenvalue weighted by atomic mass is 16.5. The number of aliphatic carboxylic acids is 1. The highest BCUT2D eigenvalue weighted by molar-refractivity contribution is 6.00. The largest absolute Gasteiger partial charge is 0.497 e. The summed E-state index contributed by atoms with van der Waals surface area (Å²) in [4.78, 5) is 23.8. The Bertz CT molecular complexity index is 567. The fraction of sp³-hybridized carbons (Fsp3) is 0.467. The van der Waals surface area contributed by atoms with Gasteiger partial charge in [0.05, 0.1) is 19.8 Å². The zero-order valence-electron chi connectivity index (χ0n) is 12.3. The Morgan fingerprint density at radius 1 is 1.29 bits per heavy atom. The van der Waals surface area contributed by atoms with Gasteiger partial charge in [-0.1, -0.05) is 0 Å². The molecule has 1 aliphatic carbocycles. The lowest BCUT2D eigenvalue weighted by Crippen LogP contribution is -2.54. The molecule has 0 radical (unpaired) electrons. The van der Waals surface area contributed by atoms with E-state index in [1.165, 1.54) is 14.2 Å². The van der Waals surface area contributed by atoms with Crippen LogP contribution in [0, 0.1) is 5.92 Å². The summed E-state index contributed by atoms with van der Waals surface area (Å²) in [6.45, 7) is 1.54. The molecular weight excluding hydrogens is 274 g/mol. The number of carboxylic acids is 1. The van der Waals surface area contributed by atoms with Gasteiger partial charge in [-0.05, 0) is 37.8 Å². The molecule has 6 nitrogen and oxygen atoms in total. The Balaban J connectivity index is 2.25. The van der Waals surface area contributed by atoms with E-state index in [1.807, 2.05) is 0 Å². The second-order valence-corrected chi connectivity index (χ2v) is 5.30. The van der Waals surface area contributed by atoms with Gasteiger partial charge in [-0.25, -0.2) is 4.79 Å². The lowest BCUT2D eigenvalue weighted by atomic mass is 9.95. The molecule has 1 atom stereocenters. The molecule has 0 aliphatic heterocycles. The fourth-order valence-electron chi connectivity index (χ4n) is 2.28. The first kappa shape index (κ1) is 15.2. The van der Waals surface area contributed by atoms with Gasteiger partial charge in [-0.15, -0.1) is 0 Å². The normalized spacial score (nSPS) is 16.7. The molecule has 1 saturated carbocycles.